The SMILES string of the molecule is C=CC(=O)OCCC(=O)NCC(=O)OCCSCC. The summed E-state index contributed by atoms with van der Waals surface area (Å²) in [7, 11) is 0. The van der Waals surface area contributed by atoms with E-state index in [1.807, 2.05) is 6.92 Å². The Bertz CT molecular complexity index is 319. The van der Waals surface area contributed by atoms with Crippen LogP contribution in [0, 0.1) is 0 Å². The average Bonchev–Trinajstić information content (AvgIpc) is 2.41. The first-order valence-electron chi connectivity index (χ1n) is 5.89. The van der Waals surface area contributed by atoms with Gasteiger partial charge in [-0.25, -0.2) is 4.79 Å². The summed E-state index contributed by atoms with van der Waals surface area (Å²) in [5.74, 6) is 0.274. The Morgan fingerprint density at radius 3 is 2.63 bits per heavy atom. The minimum absolute atomic E-state index is 0.00144. The van der Waals surface area contributed by atoms with Gasteiger partial charge in [-0.1, -0.05) is 13.5 Å². The van der Waals surface area contributed by atoms with E-state index in [9.17, 15) is 14.4 Å². The molecule has 0 rings (SSSR count). The summed E-state index contributed by atoms with van der Waals surface area (Å²) in [5.41, 5.74) is 0. The van der Waals surface area contributed by atoms with Crippen LogP contribution >= 0.6 is 11.8 Å². The van der Waals surface area contributed by atoms with E-state index in [0.717, 1.165) is 17.6 Å². The Labute approximate surface area is 116 Å². The van der Waals surface area contributed by atoms with Crippen LogP contribution in [-0.4, -0.2) is 49.1 Å². The topological polar surface area (TPSA) is 81.7 Å². The molecule has 0 radical (unpaired) electrons. The zero-order chi connectivity index (χ0) is 14.5. The molecule has 0 atom stereocenters. The first-order chi connectivity index (χ1) is 9.10. The Kier molecular flexibility index (Phi) is 10.7. The number of nitrogens with one attached hydrogen (secondary N) is 1. The molecule has 19 heavy (non-hydrogen) atoms. The lowest BCUT2D eigenvalue weighted by Gasteiger charge is -2.06. The van der Waals surface area contributed by atoms with Crippen molar-refractivity contribution in [2.24, 2.45) is 0 Å². The standard InChI is InChI=1S/C12H19NO5S/c1-3-11(15)17-6-5-10(14)13-9-12(16)18-7-8-19-4-2/h3H,1,4-9H2,2H3,(H,13,14). The van der Waals surface area contributed by atoms with E-state index in [0.29, 0.717) is 6.61 Å². The smallest absolute Gasteiger partial charge is 0.330 e. The zero-order valence-electron chi connectivity index (χ0n) is 11.0. The fourth-order valence-electron chi connectivity index (χ4n) is 0.972. The van der Waals surface area contributed by atoms with Crippen molar-refractivity contribution in [1.82, 2.24) is 5.32 Å². The summed E-state index contributed by atoms with van der Waals surface area (Å²) in [6.07, 6.45) is 1.02. The van der Waals surface area contributed by atoms with Crippen LogP contribution in [0.15, 0.2) is 12.7 Å². The lowest BCUT2D eigenvalue weighted by molar-refractivity contribution is -0.144. The number of ether oxygens (including phenoxy) is 2. The van der Waals surface area contributed by atoms with E-state index < -0.39 is 11.9 Å². The maximum Gasteiger partial charge on any atom is 0.330 e. The maximum atomic E-state index is 11.3. The lowest BCUT2D eigenvalue weighted by atomic mass is 10.4. The van der Waals surface area contributed by atoms with Crippen LogP contribution in [0.3, 0.4) is 0 Å². The highest BCUT2D eigenvalue weighted by Crippen LogP contribution is 1.97. The number of amides is 1. The summed E-state index contributed by atoms with van der Waals surface area (Å²) in [6, 6.07) is 0. The molecule has 6 nitrogen and oxygen atoms in total. The number of rotatable bonds is 10. The number of carbonyl (C=O) groups excluding carboxylic acids is 3. The van der Waals surface area contributed by atoms with Crippen LogP contribution < -0.4 is 5.32 Å². The maximum absolute atomic E-state index is 11.3. The second-order valence-electron chi connectivity index (χ2n) is 3.32. The van der Waals surface area contributed by atoms with E-state index in [2.05, 4.69) is 16.6 Å². The van der Waals surface area contributed by atoms with Gasteiger partial charge in [-0.05, 0) is 5.75 Å². The van der Waals surface area contributed by atoms with E-state index in [4.69, 9.17) is 4.74 Å². The van der Waals surface area contributed by atoms with Crippen molar-refractivity contribution >= 4 is 29.6 Å². The van der Waals surface area contributed by atoms with Gasteiger partial charge in [0.05, 0.1) is 6.42 Å². The van der Waals surface area contributed by atoms with Crippen molar-refractivity contribution in [3.8, 4) is 0 Å². The molecule has 0 heterocycles. The number of carbonyl (C=O) groups is 3. The molecule has 1 amide bonds. The molecule has 0 aliphatic carbocycles. The molecule has 0 saturated carbocycles. The zero-order valence-corrected chi connectivity index (χ0v) is 11.8. The van der Waals surface area contributed by atoms with E-state index in [1.54, 1.807) is 11.8 Å². The molecule has 0 aliphatic rings. The Morgan fingerprint density at radius 1 is 1.26 bits per heavy atom. The van der Waals surface area contributed by atoms with Gasteiger partial charge in [0.15, 0.2) is 0 Å². The van der Waals surface area contributed by atoms with Crippen molar-refractivity contribution in [2.45, 2.75) is 13.3 Å². The molecule has 1 N–H and O–H groups in total. The van der Waals surface area contributed by atoms with E-state index >= 15 is 0 Å². The number of esters is 2. The summed E-state index contributed by atoms with van der Waals surface area (Å²) < 4.78 is 9.51. The van der Waals surface area contributed by atoms with Crippen LogP contribution in [0.1, 0.15) is 13.3 Å². The highest BCUT2D eigenvalue weighted by atomic mass is 32.2. The van der Waals surface area contributed by atoms with Crippen molar-refractivity contribution < 1.29 is 23.9 Å². The Balaban J connectivity index is 3.53. The molecule has 0 aromatic rings. The van der Waals surface area contributed by atoms with E-state index in [-0.39, 0.29) is 25.5 Å². The van der Waals surface area contributed by atoms with Gasteiger partial charge in [0.2, 0.25) is 5.91 Å². The van der Waals surface area contributed by atoms with Crippen LogP contribution in [-0.2, 0) is 23.9 Å². The first kappa shape index (κ1) is 17.5. The molecular weight excluding hydrogens is 270 g/mol. The summed E-state index contributed by atoms with van der Waals surface area (Å²) in [6.45, 7) is 5.36. The summed E-state index contributed by atoms with van der Waals surface area (Å²) >= 11 is 1.67. The summed E-state index contributed by atoms with van der Waals surface area (Å²) in [5, 5.41) is 2.38. The molecule has 108 valence electrons. The monoisotopic (exact) mass is 289 g/mol. The molecule has 0 bridgehead atoms. The van der Waals surface area contributed by atoms with Gasteiger partial charge >= 0.3 is 11.9 Å². The predicted octanol–water partition coefficient (Wildman–Crippen LogP) is 0.518. The third kappa shape index (κ3) is 11.3. The number of hydrogen-bond acceptors (Lipinski definition) is 6. The minimum Gasteiger partial charge on any atom is -0.463 e. The van der Waals surface area contributed by atoms with Gasteiger partial charge in [-0.2, -0.15) is 11.8 Å². The van der Waals surface area contributed by atoms with Gasteiger partial charge < -0.3 is 14.8 Å². The average molecular weight is 289 g/mol. The van der Waals surface area contributed by atoms with Crippen molar-refractivity contribution in [3.63, 3.8) is 0 Å². The molecule has 0 saturated heterocycles. The van der Waals surface area contributed by atoms with Crippen molar-refractivity contribution in [3.05, 3.63) is 12.7 Å². The number of hydrogen-bond donors (Lipinski definition) is 1. The molecule has 0 aromatic carbocycles. The minimum atomic E-state index is -0.583. The molecule has 7 heteroatoms. The fourth-order valence-corrected chi connectivity index (χ4v) is 1.46. The largest absolute Gasteiger partial charge is 0.463 e. The fraction of sp³-hybridized carbons (Fsp3) is 0.583. The molecule has 0 fully saturated rings. The summed E-state index contributed by atoms with van der Waals surface area (Å²) in [4.78, 5) is 33.1. The third-order valence-corrected chi connectivity index (χ3v) is 2.73. The van der Waals surface area contributed by atoms with Gasteiger partial charge in [-0.3, -0.25) is 9.59 Å². The molecule has 0 spiro atoms. The van der Waals surface area contributed by atoms with Gasteiger partial charge in [0, 0.05) is 11.8 Å². The van der Waals surface area contributed by atoms with Crippen LogP contribution in [0.4, 0.5) is 0 Å². The van der Waals surface area contributed by atoms with Crippen LogP contribution in [0.25, 0.3) is 0 Å². The predicted molar refractivity (Wildman–Crippen MR) is 72.7 cm³/mol. The lowest BCUT2D eigenvalue weighted by Crippen LogP contribution is -2.31. The highest BCUT2D eigenvalue weighted by Gasteiger charge is 2.07. The second kappa shape index (κ2) is 11.6. The quantitative estimate of drug-likeness (QED) is 0.359. The highest BCUT2D eigenvalue weighted by molar-refractivity contribution is 7.99. The van der Waals surface area contributed by atoms with Crippen LogP contribution in [0.5, 0.6) is 0 Å². The van der Waals surface area contributed by atoms with Gasteiger partial charge in [0.1, 0.15) is 19.8 Å². The van der Waals surface area contributed by atoms with Crippen LogP contribution in [0.2, 0.25) is 0 Å². The van der Waals surface area contributed by atoms with Crippen molar-refractivity contribution in [2.75, 3.05) is 31.3 Å². The second-order valence-corrected chi connectivity index (χ2v) is 4.71. The Hall–Kier alpha value is -1.50. The van der Waals surface area contributed by atoms with E-state index in [1.165, 1.54) is 0 Å². The Morgan fingerprint density at radius 2 is 2.00 bits per heavy atom. The van der Waals surface area contributed by atoms with Gasteiger partial charge in [-0.15, -0.1) is 0 Å². The molecule has 0 aromatic heterocycles. The molecular formula is C12H19NO5S. The molecule has 0 unspecified atom stereocenters. The number of thioether (sulfide) groups is 1. The first-order valence-corrected chi connectivity index (χ1v) is 7.04. The molecule has 0 aliphatic heterocycles. The van der Waals surface area contributed by atoms with Crippen molar-refractivity contribution in [1.29, 1.82) is 0 Å². The normalized spacial score (nSPS) is 9.53. The third-order valence-electron chi connectivity index (χ3n) is 1.86. The van der Waals surface area contributed by atoms with Gasteiger partial charge in [0.25, 0.3) is 0 Å².